The number of thiol groups is 2. The molecular weight excluding hydrogens is 232 g/mol. The van der Waals surface area contributed by atoms with Gasteiger partial charge in [-0.2, -0.15) is 0 Å². The van der Waals surface area contributed by atoms with Gasteiger partial charge in [-0.15, -0.1) is 25.3 Å². The Morgan fingerprint density at radius 3 is 1.19 bits per heavy atom. The van der Waals surface area contributed by atoms with Gasteiger partial charge in [0.1, 0.15) is 0 Å². The highest BCUT2D eigenvalue weighted by Gasteiger charge is 2.08. The predicted molar refractivity (Wildman–Crippen MR) is 76.0 cm³/mol. The van der Waals surface area contributed by atoms with Crippen molar-refractivity contribution < 1.29 is 0 Å². The molecule has 0 aliphatic heterocycles. The smallest absolute Gasteiger partial charge is 0.0259 e. The molecule has 0 aliphatic carbocycles. The SMILES string of the molecule is Sc1c(S)c2ccccc2c2ccccc12. The summed E-state index contributed by atoms with van der Waals surface area (Å²) in [6.07, 6.45) is 0. The molecule has 0 saturated heterocycles. The van der Waals surface area contributed by atoms with E-state index < -0.39 is 0 Å². The summed E-state index contributed by atoms with van der Waals surface area (Å²) in [6, 6.07) is 16.6. The third-order valence-corrected chi connectivity index (χ3v) is 3.98. The Bertz CT molecular complexity index is 626. The van der Waals surface area contributed by atoms with Crippen molar-refractivity contribution in [1.82, 2.24) is 0 Å². The molecule has 0 aliphatic rings. The summed E-state index contributed by atoms with van der Waals surface area (Å²) in [4.78, 5) is 1.91. The van der Waals surface area contributed by atoms with Crippen LogP contribution in [-0.4, -0.2) is 0 Å². The summed E-state index contributed by atoms with van der Waals surface area (Å²) < 4.78 is 0. The molecule has 0 aromatic heterocycles. The van der Waals surface area contributed by atoms with E-state index in [-0.39, 0.29) is 0 Å². The highest BCUT2D eigenvalue weighted by atomic mass is 32.1. The Labute approximate surface area is 105 Å². The molecule has 0 N–H and O–H groups in total. The van der Waals surface area contributed by atoms with Crippen molar-refractivity contribution in [3.05, 3.63) is 48.5 Å². The van der Waals surface area contributed by atoms with Crippen molar-refractivity contribution in [2.75, 3.05) is 0 Å². The number of hydrogen-bond acceptors (Lipinski definition) is 2. The topological polar surface area (TPSA) is 0 Å². The summed E-state index contributed by atoms with van der Waals surface area (Å²) in [5.41, 5.74) is 0. The van der Waals surface area contributed by atoms with Crippen LogP contribution >= 0.6 is 25.3 Å². The summed E-state index contributed by atoms with van der Waals surface area (Å²) >= 11 is 9.13. The van der Waals surface area contributed by atoms with E-state index in [1.165, 1.54) is 10.8 Å². The van der Waals surface area contributed by atoms with E-state index in [1.807, 2.05) is 12.1 Å². The van der Waals surface area contributed by atoms with Gasteiger partial charge in [-0.3, -0.25) is 0 Å². The Balaban J connectivity index is 2.69. The van der Waals surface area contributed by atoms with E-state index in [0.717, 1.165) is 20.6 Å². The van der Waals surface area contributed by atoms with Gasteiger partial charge < -0.3 is 0 Å². The average Bonchev–Trinajstić information content (AvgIpc) is 2.36. The predicted octanol–water partition coefficient (Wildman–Crippen LogP) is 4.57. The third-order valence-electron chi connectivity index (χ3n) is 2.88. The van der Waals surface area contributed by atoms with Gasteiger partial charge in [-0.05, 0) is 21.5 Å². The molecule has 16 heavy (non-hydrogen) atoms. The van der Waals surface area contributed by atoms with Gasteiger partial charge in [0, 0.05) is 9.79 Å². The van der Waals surface area contributed by atoms with Crippen LogP contribution in [-0.2, 0) is 0 Å². The largest absolute Gasteiger partial charge is 0.142 e. The summed E-state index contributed by atoms with van der Waals surface area (Å²) in [7, 11) is 0. The molecule has 0 bridgehead atoms. The zero-order valence-electron chi connectivity index (χ0n) is 8.51. The van der Waals surface area contributed by atoms with Crippen LogP contribution in [0.3, 0.4) is 0 Å². The van der Waals surface area contributed by atoms with Crippen LogP contribution in [0.5, 0.6) is 0 Å². The number of fused-ring (bicyclic) bond motifs is 3. The quantitative estimate of drug-likeness (QED) is 0.419. The van der Waals surface area contributed by atoms with Crippen molar-refractivity contribution in [1.29, 1.82) is 0 Å². The fourth-order valence-electron chi connectivity index (χ4n) is 2.10. The normalized spacial score (nSPS) is 11.1. The van der Waals surface area contributed by atoms with Crippen molar-refractivity contribution in [3.8, 4) is 0 Å². The molecule has 0 radical (unpaired) electrons. The molecule has 0 fully saturated rings. The van der Waals surface area contributed by atoms with Crippen LogP contribution in [0.4, 0.5) is 0 Å². The lowest BCUT2D eigenvalue weighted by Gasteiger charge is -2.09. The molecule has 2 heteroatoms. The molecule has 0 saturated carbocycles. The zero-order valence-corrected chi connectivity index (χ0v) is 10.3. The first-order chi connectivity index (χ1) is 7.79. The summed E-state index contributed by atoms with van der Waals surface area (Å²) in [5.74, 6) is 0. The van der Waals surface area contributed by atoms with E-state index in [0.29, 0.717) is 0 Å². The lowest BCUT2D eigenvalue weighted by Crippen LogP contribution is -1.82. The molecule has 0 unspecified atom stereocenters. The molecule has 0 amide bonds. The molecule has 3 aromatic carbocycles. The van der Waals surface area contributed by atoms with Crippen molar-refractivity contribution in [2.24, 2.45) is 0 Å². The Morgan fingerprint density at radius 1 is 0.500 bits per heavy atom. The number of hydrogen-bond donors (Lipinski definition) is 2. The average molecular weight is 242 g/mol. The van der Waals surface area contributed by atoms with E-state index in [9.17, 15) is 0 Å². The van der Waals surface area contributed by atoms with Gasteiger partial charge in [0.05, 0.1) is 0 Å². The van der Waals surface area contributed by atoms with E-state index >= 15 is 0 Å². The number of benzene rings is 3. The lowest BCUT2D eigenvalue weighted by molar-refractivity contribution is 1.38. The van der Waals surface area contributed by atoms with Crippen molar-refractivity contribution in [2.45, 2.75) is 9.79 Å². The summed E-state index contributed by atoms with van der Waals surface area (Å²) in [5, 5.41) is 4.80. The maximum atomic E-state index is 4.56. The number of rotatable bonds is 0. The highest BCUT2D eigenvalue weighted by Crippen LogP contribution is 2.36. The monoisotopic (exact) mass is 242 g/mol. The first-order valence-corrected chi connectivity index (χ1v) is 6.00. The second-order valence-electron chi connectivity index (χ2n) is 3.79. The second-order valence-corrected chi connectivity index (χ2v) is 4.68. The van der Waals surface area contributed by atoms with Crippen LogP contribution in [0.2, 0.25) is 0 Å². The van der Waals surface area contributed by atoms with Gasteiger partial charge in [-0.1, -0.05) is 48.5 Å². The minimum atomic E-state index is 0.956. The fraction of sp³-hybridized carbons (Fsp3) is 0. The molecule has 3 aromatic rings. The first kappa shape index (κ1) is 10.1. The molecular formula is C14H10S2. The molecule has 3 rings (SSSR count). The van der Waals surface area contributed by atoms with Gasteiger partial charge >= 0.3 is 0 Å². The van der Waals surface area contributed by atoms with Gasteiger partial charge in [0.25, 0.3) is 0 Å². The van der Waals surface area contributed by atoms with Crippen LogP contribution in [0.1, 0.15) is 0 Å². The van der Waals surface area contributed by atoms with Crippen molar-refractivity contribution in [3.63, 3.8) is 0 Å². The maximum Gasteiger partial charge on any atom is 0.0259 e. The van der Waals surface area contributed by atoms with Gasteiger partial charge in [0.2, 0.25) is 0 Å². The highest BCUT2D eigenvalue weighted by molar-refractivity contribution is 7.84. The molecule has 0 atom stereocenters. The second kappa shape index (κ2) is 3.72. The Hall–Kier alpha value is -1.12. The van der Waals surface area contributed by atoms with E-state index in [1.54, 1.807) is 0 Å². The van der Waals surface area contributed by atoms with Crippen LogP contribution in [0, 0.1) is 0 Å². The Morgan fingerprint density at radius 2 is 0.812 bits per heavy atom. The maximum absolute atomic E-state index is 4.56. The minimum Gasteiger partial charge on any atom is -0.142 e. The Kier molecular flexibility index (Phi) is 2.34. The summed E-state index contributed by atoms with van der Waals surface area (Å²) in [6.45, 7) is 0. The lowest BCUT2D eigenvalue weighted by atomic mass is 10.0. The zero-order chi connectivity index (χ0) is 11.1. The van der Waals surface area contributed by atoms with Crippen LogP contribution in [0.25, 0.3) is 21.5 Å². The molecule has 0 nitrogen and oxygen atoms in total. The first-order valence-electron chi connectivity index (χ1n) is 5.10. The van der Waals surface area contributed by atoms with E-state index in [4.69, 9.17) is 0 Å². The van der Waals surface area contributed by atoms with Crippen LogP contribution in [0.15, 0.2) is 58.3 Å². The third kappa shape index (κ3) is 1.34. The fourth-order valence-corrected chi connectivity index (χ4v) is 2.73. The van der Waals surface area contributed by atoms with Gasteiger partial charge in [0.15, 0.2) is 0 Å². The standard InChI is InChI=1S/C14H10S2/c15-13-11-7-3-1-5-9(11)10-6-2-4-8-12(10)14(13)16/h1-8,15-16H. The minimum absolute atomic E-state index is 0.956. The van der Waals surface area contributed by atoms with Gasteiger partial charge in [-0.25, -0.2) is 0 Å². The molecule has 0 heterocycles. The van der Waals surface area contributed by atoms with Crippen molar-refractivity contribution >= 4 is 46.8 Å². The molecule has 78 valence electrons. The van der Waals surface area contributed by atoms with E-state index in [2.05, 4.69) is 61.7 Å². The van der Waals surface area contributed by atoms with Crippen LogP contribution < -0.4 is 0 Å². The molecule has 0 spiro atoms.